The summed E-state index contributed by atoms with van der Waals surface area (Å²) in [5.74, 6) is 1.52. The predicted molar refractivity (Wildman–Crippen MR) is 83.2 cm³/mol. The molecule has 0 spiro atoms. The van der Waals surface area contributed by atoms with E-state index in [2.05, 4.69) is 15.5 Å². The fourth-order valence-corrected chi connectivity index (χ4v) is 2.90. The van der Waals surface area contributed by atoms with Crippen molar-refractivity contribution in [3.63, 3.8) is 0 Å². The quantitative estimate of drug-likeness (QED) is 0.852. The Labute approximate surface area is 128 Å². The van der Waals surface area contributed by atoms with Crippen LogP contribution in [0, 0.1) is 0 Å². The first-order valence-electron chi connectivity index (χ1n) is 7.07. The highest BCUT2D eigenvalue weighted by molar-refractivity contribution is 7.14. The summed E-state index contributed by atoms with van der Waals surface area (Å²) >= 11 is 1.62. The van der Waals surface area contributed by atoms with Gasteiger partial charge in [-0.25, -0.2) is 0 Å². The highest BCUT2D eigenvalue weighted by atomic mass is 32.1. The first-order valence-corrected chi connectivity index (χ1v) is 7.89. The number of ether oxygens (including phenoxy) is 2. The Morgan fingerprint density at radius 2 is 1.86 bits per heavy atom. The van der Waals surface area contributed by atoms with Crippen LogP contribution in [0.15, 0.2) is 18.2 Å². The molecule has 0 radical (unpaired) electrons. The lowest BCUT2D eigenvalue weighted by molar-refractivity contribution is 0.394. The maximum absolute atomic E-state index is 5.29. The zero-order valence-electron chi connectivity index (χ0n) is 12.3. The van der Waals surface area contributed by atoms with Crippen molar-refractivity contribution < 1.29 is 9.47 Å². The monoisotopic (exact) mass is 305 g/mol. The smallest absolute Gasteiger partial charge is 0.148 e. The average Bonchev–Trinajstić information content (AvgIpc) is 3.22. The minimum atomic E-state index is 0.736. The molecule has 1 aliphatic carbocycles. The topological polar surface area (TPSA) is 56.3 Å². The Hall–Kier alpha value is -1.66. The van der Waals surface area contributed by atoms with Crippen LogP contribution in [0.5, 0.6) is 11.5 Å². The predicted octanol–water partition coefficient (Wildman–Crippen LogP) is 2.52. The van der Waals surface area contributed by atoms with E-state index in [0.717, 1.165) is 46.1 Å². The number of nitrogens with one attached hydrogen (secondary N) is 1. The van der Waals surface area contributed by atoms with Crippen LogP contribution >= 0.6 is 11.3 Å². The van der Waals surface area contributed by atoms with Gasteiger partial charge in [-0.2, -0.15) is 0 Å². The van der Waals surface area contributed by atoms with Crippen molar-refractivity contribution in [2.24, 2.45) is 0 Å². The van der Waals surface area contributed by atoms with E-state index in [1.54, 1.807) is 25.6 Å². The molecule has 0 amide bonds. The molecule has 1 saturated carbocycles. The minimum absolute atomic E-state index is 0.736. The molecule has 21 heavy (non-hydrogen) atoms. The molecule has 0 bridgehead atoms. The number of rotatable bonds is 7. The van der Waals surface area contributed by atoms with Gasteiger partial charge >= 0.3 is 0 Å². The third kappa shape index (κ3) is 3.71. The summed E-state index contributed by atoms with van der Waals surface area (Å²) in [6.45, 7) is 0.973. The Morgan fingerprint density at radius 3 is 2.48 bits per heavy atom. The summed E-state index contributed by atoms with van der Waals surface area (Å²) in [6.07, 6.45) is 3.55. The van der Waals surface area contributed by atoms with Gasteiger partial charge in [-0.1, -0.05) is 11.3 Å². The van der Waals surface area contributed by atoms with Crippen molar-refractivity contribution in [1.29, 1.82) is 0 Å². The molecule has 5 nitrogen and oxygen atoms in total. The first kappa shape index (κ1) is 14.3. The lowest BCUT2D eigenvalue weighted by Gasteiger charge is -2.06. The van der Waals surface area contributed by atoms with Gasteiger partial charge in [-0.3, -0.25) is 0 Å². The number of hydrogen-bond donors (Lipinski definition) is 1. The van der Waals surface area contributed by atoms with Crippen molar-refractivity contribution in [1.82, 2.24) is 15.5 Å². The van der Waals surface area contributed by atoms with Gasteiger partial charge in [0, 0.05) is 30.6 Å². The normalized spacial score (nSPS) is 14.2. The largest absolute Gasteiger partial charge is 0.497 e. The van der Waals surface area contributed by atoms with Crippen molar-refractivity contribution >= 4 is 11.3 Å². The van der Waals surface area contributed by atoms with Gasteiger partial charge in [-0.15, -0.1) is 10.2 Å². The Morgan fingerprint density at radius 1 is 1.14 bits per heavy atom. The van der Waals surface area contributed by atoms with Gasteiger partial charge in [0.25, 0.3) is 0 Å². The van der Waals surface area contributed by atoms with Crippen molar-refractivity contribution in [2.75, 3.05) is 20.8 Å². The van der Waals surface area contributed by atoms with Crippen LogP contribution in [-0.2, 0) is 6.42 Å². The van der Waals surface area contributed by atoms with Crippen LogP contribution < -0.4 is 14.8 Å². The highest BCUT2D eigenvalue weighted by Crippen LogP contribution is 2.31. The molecule has 6 heteroatoms. The fourth-order valence-electron chi connectivity index (χ4n) is 2.07. The summed E-state index contributed by atoms with van der Waals surface area (Å²) in [4.78, 5) is 0. The molecule has 1 aromatic heterocycles. The lowest BCUT2D eigenvalue weighted by Crippen LogP contribution is -2.19. The second-order valence-electron chi connectivity index (χ2n) is 5.08. The van der Waals surface area contributed by atoms with E-state index in [4.69, 9.17) is 9.47 Å². The van der Waals surface area contributed by atoms with E-state index in [9.17, 15) is 0 Å². The van der Waals surface area contributed by atoms with Crippen molar-refractivity contribution in [3.05, 3.63) is 23.2 Å². The van der Waals surface area contributed by atoms with Gasteiger partial charge in [0.2, 0.25) is 0 Å². The fraction of sp³-hybridized carbons (Fsp3) is 0.467. The molecule has 0 atom stereocenters. The summed E-state index contributed by atoms with van der Waals surface area (Å²) in [5, 5.41) is 14.0. The van der Waals surface area contributed by atoms with Crippen LogP contribution in [0.2, 0.25) is 0 Å². The summed E-state index contributed by atoms with van der Waals surface area (Å²) < 4.78 is 10.6. The molecule has 1 fully saturated rings. The van der Waals surface area contributed by atoms with Crippen molar-refractivity contribution in [3.8, 4) is 22.1 Å². The molecule has 0 aliphatic heterocycles. The van der Waals surface area contributed by atoms with E-state index >= 15 is 0 Å². The molecule has 1 N–H and O–H groups in total. The zero-order valence-corrected chi connectivity index (χ0v) is 13.1. The number of methoxy groups -OCH3 is 2. The van der Waals surface area contributed by atoms with E-state index < -0.39 is 0 Å². The van der Waals surface area contributed by atoms with Crippen LogP contribution in [0.4, 0.5) is 0 Å². The van der Waals surface area contributed by atoms with Crippen LogP contribution in [0.25, 0.3) is 10.6 Å². The third-order valence-corrected chi connectivity index (χ3v) is 4.45. The molecule has 0 unspecified atom stereocenters. The maximum atomic E-state index is 5.29. The number of nitrogens with zero attached hydrogens (tertiary/aromatic N) is 2. The molecule has 1 heterocycles. The minimum Gasteiger partial charge on any atom is -0.497 e. The SMILES string of the molecule is COc1cc(OC)cc(-c2nnc(CCNC3CC3)s2)c1. The second-order valence-corrected chi connectivity index (χ2v) is 6.14. The van der Waals surface area contributed by atoms with Gasteiger partial charge in [0.15, 0.2) is 0 Å². The zero-order chi connectivity index (χ0) is 14.7. The molecule has 2 aromatic rings. The van der Waals surface area contributed by atoms with E-state index in [-0.39, 0.29) is 0 Å². The van der Waals surface area contributed by atoms with Crippen LogP contribution in [-0.4, -0.2) is 37.0 Å². The third-order valence-electron chi connectivity index (χ3n) is 3.41. The number of aromatic nitrogens is 2. The average molecular weight is 305 g/mol. The summed E-state index contributed by atoms with van der Waals surface area (Å²) in [5.41, 5.74) is 0.977. The first-order chi connectivity index (χ1) is 10.3. The molecule has 1 aliphatic rings. The number of hydrogen-bond acceptors (Lipinski definition) is 6. The second kappa shape index (κ2) is 6.41. The standard InChI is InChI=1S/C15H19N3O2S/c1-19-12-7-10(8-13(9-12)20-2)15-18-17-14(21-15)5-6-16-11-3-4-11/h7-9,11,16H,3-6H2,1-2H3. The van der Waals surface area contributed by atoms with Gasteiger partial charge < -0.3 is 14.8 Å². The van der Waals surface area contributed by atoms with E-state index in [1.807, 2.05) is 18.2 Å². The van der Waals surface area contributed by atoms with Gasteiger partial charge in [0.1, 0.15) is 21.5 Å². The molecule has 0 saturated heterocycles. The molecule has 3 rings (SSSR count). The molecule has 1 aromatic carbocycles. The van der Waals surface area contributed by atoms with Gasteiger partial charge in [0.05, 0.1) is 14.2 Å². The highest BCUT2D eigenvalue weighted by Gasteiger charge is 2.20. The Balaban J connectivity index is 1.71. The van der Waals surface area contributed by atoms with E-state index in [1.165, 1.54) is 12.8 Å². The van der Waals surface area contributed by atoms with E-state index in [0.29, 0.717) is 0 Å². The summed E-state index contributed by atoms with van der Waals surface area (Å²) in [7, 11) is 3.29. The Bertz CT molecular complexity index is 588. The van der Waals surface area contributed by atoms with Crippen molar-refractivity contribution in [2.45, 2.75) is 25.3 Å². The van der Waals surface area contributed by atoms with Gasteiger partial charge in [-0.05, 0) is 25.0 Å². The maximum Gasteiger partial charge on any atom is 0.148 e. The Kier molecular flexibility index (Phi) is 4.36. The van der Waals surface area contributed by atoms with Crippen LogP contribution in [0.3, 0.4) is 0 Å². The molecular weight excluding hydrogens is 286 g/mol. The molecule has 112 valence electrons. The van der Waals surface area contributed by atoms with Crippen LogP contribution in [0.1, 0.15) is 17.8 Å². The number of benzene rings is 1. The lowest BCUT2D eigenvalue weighted by atomic mass is 10.2. The molecular formula is C15H19N3O2S. The summed E-state index contributed by atoms with van der Waals surface area (Å²) in [6, 6.07) is 6.50.